The number of hydrogen-bond donors (Lipinski definition) is 0. The molecular weight excluding hydrogens is 286 g/mol. The summed E-state index contributed by atoms with van der Waals surface area (Å²) in [5, 5.41) is 0.884. The molecule has 1 aromatic carbocycles. The van der Waals surface area contributed by atoms with Crippen LogP contribution in [0.2, 0.25) is 0 Å². The molecule has 0 N–H and O–H groups in total. The zero-order chi connectivity index (χ0) is 14.8. The Morgan fingerprint density at radius 3 is 2.95 bits per heavy atom. The molecule has 1 fully saturated rings. The van der Waals surface area contributed by atoms with Crippen LogP contribution in [-0.4, -0.2) is 52.9 Å². The Kier molecular flexibility index (Phi) is 4.17. The maximum absolute atomic E-state index is 12.1. The average Bonchev–Trinajstić information content (AvgIpc) is 3.00. The van der Waals surface area contributed by atoms with Crippen LogP contribution in [0.4, 0.5) is 0 Å². The third kappa shape index (κ3) is 2.78. The lowest BCUT2D eigenvalue weighted by Gasteiger charge is -2.11. The van der Waals surface area contributed by atoms with Gasteiger partial charge >= 0.3 is 0 Å². The van der Waals surface area contributed by atoms with Crippen LogP contribution < -0.4 is 0 Å². The van der Waals surface area contributed by atoms with Gasteiger partial charge in [-0.1, -0.05) is 23.9 Å². The highest BCUT2D eigenvalue weighted by Gasteiger charge is 2.31. The average molecular weight is 305 g/mol. The number of benzene rings is 1. The zero-order valence-electron chi connectivity index (χ0n) is 12.3. The van der Waals surface area contributed by atoms with E-state index in [0.717, 1.165) is 35.7 Å². The van der Waals surface area contributed by atoms with Gasteiger partial charge in [-0.05, 0) is 18.6 Å². The fourth-order valence-corrected chi connectivity index (χ4v) is 3.80. The number of para-hydroxylation sites is 2. The van der Waals surface area contributed by atoms with E-state index >= 15 is 0 Å². The van der Waals surface area contributed by atoms with Crippen molar-refractivity contribution in [3.8, 4) is 0 Å². The van der Waals surface area contributed by atoms with Gasteiger partial charge in [-0.3, -0.25) is 4.79 Å². The summed E-state index contributed by atoms with van der Waals surface area (Å²) in [6, 6.07) is 8.06. The molecule has 1 amide bonds. The molecule has 0 unspecified atom stereocenters. The predicted octanol–water partition coefficient (Wildman–Crippen LogP) is 2.01. The normalized spacial score (nSPS) is 18.9. The fourth-order valence-electron chi connectivity index (χ4n) is 2.57. The molecule has 0 bridgehead atoms. The van der Waals surface area contributed by atoms with Gasteiger partial charge in [0.15, 0.2) is 5.16 Å². The van der Waals surface area contributed by atoms with E-state index < -0.39 is 0 Å². The van der Waals surface area contributed by atoms with E-state index in [1.165, 1.54) is 0 Å². The van der Waals surface area contributed by atoms with Gasteiger partial charge in [-0.15, -0.1) is 0 Å². The molecule has 1 aromatic heterocycles. The Labute approximate surface area is 128 Å². The van der Waals surface area contributed by atoms with E-state index in [2.05, 4.69) is 15.6 Å². The number of likely N-dealkylation sites (tertiary alicyclic amines) is 1. The summed E-state index contributed by atoms with van der Waals surface area (Å²) in [6.07, 6.45) is 0.882. The summed E-state index contributed by atoms with van der Waals surface area (Å²) in [7, 11) is 3.55. The van der Waals surface area contributed by atoms with Crippen molar-refractivity contribution in [3.05, 3.63) is 24.3 Å². The number of fused-ring (bicyclic) bond motifs is 1. The molecule has 0 spiro atoms. The van der Waals surface area contributed by atoms with Gasteiger partial charge in [0.2, 0.25) is 5.91 Å². The molecular formula is C15H19N3O2S. The monoisotopic (exact) mass is 305 g/mol. The van der Waals surface area contributed by atoms with Gasteiger partial charge < -0.3 is 14.2 Å². The van der Waals surface area contributed by atoms with Crippen LogP contribution in [0.5, 0.6) is 0 Å². The number of thioether (sulfide) groups is 1. The van der Waals surface area contributed by atoms with E-state index in [1.54, 1.807) is 23.8 Å². The van der Waals surface area contributed by atoms with Gasteiger partial charge in [0.25, 0.3) is 0 Å². The molecule has 2 aromatic rings. The lowest BCUT2D eigenvalue weighted by Crippen LogP contribution is -2.24. The summed E-state index contributed by atoms with van der Waals surface area (Å²) in [6.45, 7) is 2.21. The molecule has 0 saturated carbocycles. The van der Waals surface area contributed by atoms with E-state index in [4.69, 9.17) is 4.74 Å². The quantitative estimate of drug-likeness (QED) is 0.848. The van der Waals surface area contributed by atoms with Crippen molar-refractivity contribution in [2.45, 2.75) is 23.4 Å². The van der Waals surface area contributed by atoms with Crippen LogP contribution in [-0.2, 0) is 16.1 Å². The van der Waals surface area contributed by atoms with Crippen molar-refractivity contribution >= 4 is 28.7 Å². The standard InChI is InChI=1S/C15H19N3O2S/c1-17-8-7-13(14(17)19)21-15-16-11-5-3-4-6-12(11)18(15)9-10-20-2/h3-6,13H,7-10H2,1-2H3/t13-/m1/s1. The highest BCUT2D eigenvalue weighted by atomic mass is 32.2. The van der Waals surface area contributed by atoms with Gasteiger partial charge in [-0.2, -0.15) is 0 Å². The highest BCUT2D eigenvalue weighted by Crippen LogP contribution is 2.32. The number of imidazole rings is 1. The summed E-state index contributed by atoms with van der Waals surface area (Å²) in [5.41, 5.74) is 2.06. The highest BCUT2D eigenvalue weighted by molar-refractivity contribution is 8.00. The van der Waals surface area contributed by atoms with Crippen molar-refractivity contribution in [2.75, 3.05) is 27.3 Å². The molecule has 1 aliphatic rings. The van der Waals surface area contributed by atoms with E-state index in [0.29, 0.717) is 6.61 Å². The Morgan fingerprint density at radius 2 is 2.24 bits per heavy atom. The number of nitrogens with zero attached hydrogens (tertiary/aromatic N) is 3. The number of ether oxygens (including phenoxy) is 1. The predicted molar refractivity (Wildman–Crippen MR) is 83.5 cm³/mol. The van der Waals surface area contributed by atoms with E-state index in [1.807, 2.05) is 25.2 Å². The second-order valence-electron chi connectivity index (χ2n) is 5.18. The Balaban J connectivity index is 1.91. The van der Waals surface area contributed by atoms with Crippen molar-refractivity contribution in [1.29, 1.82) is 0 Å². The summed E-state index contributed by atoms with van der Waals surface area (Å²) in [4.78, 5) is 18.6. The first kappa shape index (κ1) is 14.4. The summed E-state index contributed by atoms with van der Waals surface area (Å²) in [5.74, 6) is 0.199. The smallest absolute Gasteiger partial charge is 0.235 e. The van der Waals surface area contributed by atoms with Crippen LogP contribution in [0, 0.1) is 0 Å². The molecule has 6 heteroatoms. The first-order valence-electron chi connectivity index (χ1n) is 7.06. The van der Waals surface area contributed by atoms with Crippen molar-refractivity contribution in [3.63, 3.8) is 0 Å². The number of hydrogen-bond acceptors (Lipinski definition) is 4. The van der Waals surface area contributed by atoms with Crippen molar-refractivity contribution < 1.29 is 9.53 Å². The molecule has 0 radical (unpaired) electrons. The third-order valence-electron chi connectivity index (χ3n) is 3.76. The Morgan fingerprint density at radius 1 is 1.43 bits per heavy atom. The van der Waals surface area contributed by atoms with Crippen molar-refractivity contribution in [2.24, 2.45) is 0 Å². The largest absolute Gasteiger partial charge is 0.383 e. The lowest BCUT2D eigenvalue weighted by atomic mass is 10.3. The van der Waals surface area contributed by atoms with Crippen LogP contribution in [0.3, 0.4) is 0 Å². The third-order valence-corrected chi connectivity index (χ3v) is 5.01. The first-order chi connectivity index (χ1) is 10.2. The molecule has 0 aliphatic carbocycles. The van der Waals surface area contributed by atoms with Gasteiger partial charge in [-0.25, -0.2) is 4.98 Å². The molecule has 1 saturated heterocycles. The number of carbonyl (C=O) groups is 1. The van der Waals surface area contributed by atoms with Gasteiger partial charge in [0, 0.05) is 27.2 Å². The second kappa shape index (κ2) is 6.07. The number of carbonyl (C=O) groups excluding carboxylic acids is 1. The summed E-state index contributed by atoms with van der Waals surface area (Å²) >= 11 is 1.57. The molecule has 21 heavy (non-hydrogen) atoms. The number of aromatic nitrogens is 2. The molecule has 2 heterocycles. The molecule has 5 nitrogen and oxygen atoms in total. The van der Waals surface area contributed by atoms with Crippen LogP contribution in [0.25, 0.3) is 11.0 Å². The van der Waals surface area contributed by atoms with Crippen LogP contribution in [0.1, 0.15) is 6.42 Å². The SMILES string of the molecule is COCCn1c(S[C@@H]2CCN(C)C2=O)nc2ccccc21. The Hall–Kier alpha value is -1.53. The second-order valence-corrected chi connectivity index (χ2v) is 6.35. The lowest BCUT2D eigenvalue weighted by molar-refractivity contribution is -0.126. The van der Waals surface area contributed by atoms with E-state index in [9.17, 15) is 4.79 Å². The summed E-state index contributed by atoms with van der Waals surface area (Å²) < 4.78 is 7.34. The number of amides is 1. The van der Waals surface area contributed by atoms with Gasteiger partial charge in [0.1, 0.15) is 0 Å². The topological polar surface area (TPSA) is 47.4 Å². The minimum Gasteiger partial charge on any atom is -0.383 e. The van der Waals surface area contributed by atoms with E-state index in [-0.39, 0.29) is 11.2 Å². The number of methoxy groups -OCH3 is 1. The van der Waals surface area contributed by atoms with Crippen LogP contribution in [0.15, 0.2) is 29.4 Å². The van der Waals surface area contributed by atoms with Crippen LogP contribution >= 0.6 is 11.8 Å². The molecule has 3 rings (SSSR count). The maximum Gasteiger partial charge on any atom is 0.235 e. The fraction of sp³-hybridized carbons (Fsp3) is 0.467. The molecule has 112 valence electrons. The maximum atomic E-state index is 12.1. The van der Waals surface area contributed by atoms with Gasteiger partial charge in [0.05, 0.1) is 22.9 Å². The first-order valence-corrected chi connectivity index (χ1v) is 7.94. The Bertz CT molecular complexity index is 655. The number of rotatable bonds is 5. The molecule has 1 atom stereocenters. The minimum atomic E-state index is -0.0203. The van der Waals surface area contributed by atoms with Crippen molar-refractivity contribution in [1.82, 2.24) is 14.5 Å². The molecule has 1 aliphatic heterocycles. The minimum absolute atomic E-state index is 0.0203. The zero-order valence-corrected chi connectivity index (χ0v) is 13.1.